The minimum absolute atomic E-state index is 0.0679. The lowest BCUT2D eigenvalue weighted by Crippen LogP contribution is -1.96. The number of halogens is 2. The molecule has 0 atom stereocenters. The van der Waals surface area contributed by atoms with E-state index in [1.807, 2.05) is 6.92 Å². The highest BCUT2D eigenvalue weighted by atomic mass is 19.1. The second-order valence-corrected chi connectivity index (χ2v) is 3.71. The van der Waals surface area contributed by atoms with Gasteiger partial charge in [0.1, 0.15) is 17.1 Å². The first-order valence-electron chi connectivity index (χ1n) is 5.24. The molecule has 2 N–H and O–H groups in total. The molecule has 0 aliphatic heterocycles. The van der Waals surface area contributed by atoms with Gasteiger partial charge in [-0.05, 0) is 19.1 Å². The molecule has 0 saturated heterocycles. The van der Waals surface area contributed by atoms with E-state index in [1.54, 1.807) is 6.92 Å². The summed E-state index contributed by atoms with van der Waals surface area (Å²) in [6.45, 7) is 3.61. The van der Waals surface area contributed by atoms with Crippen molar-refractivity contribution in [1.29, 1.82) is 0 Å². The van der Waals surface area contributed by atoms with Crippen molar-refractivity contribution in [3.63, 3.8) is 0 Å². The van der Waals surface area contributed by atoms with Gasteiger partial charge in [-0.15, -0.1) is 0 Å². The fraction of sp³-hybridized carbons (Fsp3) is 0.250. The average Bonchev–Trinajstić information content (AvgIpc) is 2.65. The molecule has 1 aromatic carbocycles. The van der Waals surface area contributed by atoms with Crippen molar-refractivity contribution < 1.29 is 13.2 Å². The fourth-order valence-electron chi connectivity index (χ4n) is 1.63. The zero-order chi connectivity index (χ0) is 12.6. The molecule has 0 aliphatic carbocycles. The van der Waals surface area contributed by atoms with Crippen LogP contribution in [0.4, 0.5) is 14.5 Å². The normalized spacial score (nSPS) is 10.8. The molecular weight excluding hydrogens is 226 g/mol. The van der Waals surface area contributed by atoms with Gasteiger partial charge < -0.3 is 10.2 Å². The lowest BCUT2D eigenvalue weighted by atomic mass is 10.1. The number of nitrogens with two attached hydrogens (primary N) is 1. The number of hydrogen-bond donors (Lipinski definition) is 1. The third kappa shape index (κ3) is 1.88. The van der Waals surface area contributed by atoms with Gasteiger partial charge in [0, 0.05) is 6.42 Å². The van der Waals surface area contributed by atoms with Crippen LogP contribution in [0.15, 0.2) is 16.5 Å². The highest BCUT2D eigenvalue weighted by Gasteiger charge is 2.20. The predicted octanol–water partition coefficient (Wildman–Crippen LogP) is 3.07. The van der Waals surface area contributed by atoms with E-state index in [0.717, 1.165) is 6.07 Å². The monoisotopic (exact) mass is 238 g/mol. The minimum Gasteiger partial charge on any atom is -0.441 e. The van der Waals surface area contributed by atoms with Gasteiger partial charge in [0.05, 0.1) is 11.4 Å². The standard InChI is InChI=1S/C12H12F2N2O/c1-3-9-6(2)16-12(17-9)10-7(13)4-5-8(15)11(10)14/h4-5H,3,15H2,1-2H3. The molecule has 1 aromatic heterocycles. The molecule has 90 valence electrons. The summed E-state index contributed by atoms with van der Waals surface area (Å²) in [7, 11) is 0. The maximum atomic E-state index is 13.7. The summed E-state index contributed by atoms with van der Waals surface area (Å²) in [5.74, 6) is -1.03. The molecule has 0 radical (unpaired) electrons. The average molecular weight is 238 g/mol. The van der Waals surface area contributed by atoms with E-state index in [4.69, 9.17) is 10.2 Å². The summed E-state index contributed by atoms with van der Waals surface area (Å²) in [6, 6.07) is 2.27. The zero-order valence-electron chi connectivity index (χ0n) is 9.55. The van der Waals surface area contributed by atoms with E-state index >= 15 is 0 Å². The summed E-state index contributed by atoms with van der Waals surface area (Å²) in [6.07, 6.45) is 0.615. The molecule has 0 bridgehead atoms. The molecule has 3 nitrogen and oxygen atoms in total. The third-order valence-corrected chi connectivity index (χ3v) is 2.55. The number of anilines is 1. The van der Waals surface area contributed by atoms with Crippen LogP contribution in [0.25, 0.3) is 11.5 Å². The van der Waals surface area contributed by atoms with Crippen LogP contribution >= 0.6 is 0 Å². The second kappa shape index (κ2) is 4.16. The zero-order valence-corrected chi connectivity index (χ0v) is 9.55. The van der Waals surface area contributed by atoms with E-state index in [1.165, 1.54) is 6.07 Å². The summed E-state index contributed by atoms with van der Waals surface area (Å²) in [5.41, 5.74) is 5.58. The Bertz CT molecular complexity index is 564. The number of benzene rings is 1. The Labute approximate surface area is 97.3 Å². The molecule has 5 heteroatoms. The number of oxazole rings is 1. The predicted molar refractivity (Wildman–Crippen MR) is 60.4 cm³/mol. The molecule has 1 heterocycles. The van der Waals surface area contributed by atoms with E-state index in [9.17, 15) is 8.78 Å². The van der Waals surface area contributed by atoms with Crippen molar-refractivity contribution in [2.45, 2.75) is 20.3 Å². The number of nitrogens with zero attached hydrogens (tertiary/aromatic N) is 1. The molecule has 2 aromatic rings. The van der Waals surface area contributed by atoms with Crippen molar-refractivity contribution in [2.24, 2.45) is 0 Å². The van der Waals surface area contributed by atoms with Crippen LogP contribution in [-0.2, 0) is 6.42 Å². The van der Waals surface area contributed by atoms with Gasteiger partial charge in [-0.3, -0.25) is 0 Å². The molecule has 0 saturated carbocycles. The van der Waals surface area contributed by atoms with Gasteiger partial charge in [-0.2, -0.15) is 0 Å². The number of nitrogen functional groups attached to an aromatic ring is 1. The lowest BCUT2D eigenvalue weighted by Gasteiger charge is -2.02. The first-order valence-corrected chi connectivity index (χ1v) is 5.24. The summed E-state index contributed by atoms with van der Waals surface area (Å²) in [4.78, 5) is 4.01. The number of rotatable bonds is 2. The van der Waals surface area contributed by atoms with Gasteiger partial charge in [-0.25, -0.2) is 13.8 Å². The molecule has 0 unspecified atom stereocenters. The van der Waals surface area contributed by atoms with Crippen LogP contribution in [0.2, 0.25) is 0 Å². The maximum Gasteiger partial charge on any atom is 0.232 e. The Balaban J connectivity index is 2.63. The van der Waals surface area contributed by atoms with Crippen molar-refractivity contribution in [1.82, 2.24) is 4.98 Å². The number of hydrogen-bond acceptors (Lipinski definition) is 3. The van der Waals surface area contributed by atoms with Crippen LogP contribution in [0, 0.1) is 18.6 Å². The first-order chi connectivity index (χ1) is 8.04. The van der Waals surface area contributed by atoms with Crippen molar-refractivity contribution in [2.75, 3.05) is 5.73 Å². The van der Waals surface area contributed by atoms with Crippen molar-refractivity contribution in [3.8, 4) is 11.5 Å². The van der Waals surface area contributed by atoms with Gasteiger partial charge >= 0.3 is 0 Å². The van der Waals surface area contributed by atoms with Crippen LogP contribution in [0.1, 0.15) is 18.4 Å². The Morgan fingerprint density at radius 1 is 1.35 bits per heavy atom. The fourth-order valence-corrected chi connectivity index (χ4v) is 1.63. The quantitative estimate of drug-likeness (QED) is 0.818. The molecule has 0 amide bonds. The minimum atomic E-state index is -0.839. The highest BCUT2D eigenvalue weighted by Crippen LogP contribution is 2.30. The molecule has 17 heavy (non-hydrogen) atoms. The van der Waals surface area contributed by atoms with Crippen molar-refractivity contribution in [3.05, 3.63) is 35.2 Å². The SMILES string of the molecule is CCc1oc(-c2c(F)ccc(N)c2F)nc1C. The Morgan fingerprint density at radius 2 is 2.06 bits per heavy atom. The van der Waals surface area contributed by atoms with Crippen LogP contribution in [-0.4, -0.2) is 4.98 Å². The maximum absolute atomic E-state index is 13.7. The molecular formula is C12H12F2N2O. The number of aromatic nitrogens is 1. The topological polar surface area (TPSA) is 52.0 Å². The van der Waals surface area contributed by atoms with Crippen LogP contribution < -0.4 is 5.73 Å². The second-order valence-electron chi connectivity index (χ2n) is 3.71. The largest absolute Gasteiger partial charge is 0.441 e. The first kappa shape index (κ1) is 11.6. The van der Waals surface area contributed by atoms with Gasteiger partial charge in [-0.1, -0.05) is 6.92 Å². The van der Waals surface area contributed by atoms with Crippen LogP contribution in [0.3, 0.4) is 0 Å². The van der Waals surface area contributed by atoms with Gasteiger partial charge in [0.15, 0.2) is 5.82 Å². The highest BCUT2D eigenvalue weighted by molar-refractivity contribution is 5.62. The summed E-state index contributed by atoms with van der Waals surface area (Å²) < 4.78 is 32.6. The molecule has 2 rings (SSSR count). The van der Waals surface area contributed by atoms with E-state index in [0.29, 0.717) is 17.9 Å². The Kier molecular flexibility index (Phi) is 2.83. The third-order valence-electron chi connectivity index (χ3n) is 2.55. The lowest BCUT2D eigenvalue weighted by molar-refractivity contribution is 0.508. The smallest absolute Gasteiger partial charge is 0.232 e. The van der Waals surface area contributed by atoms with E-state index in [2.05, 4.69) is 4.98 Å². The van der Waals surface area contributed by atoms with Crippen LogP contribution in [0.5, 0.6) is 0 Å². The van der Waals surface area contributed by atoms with Crippen molar-refractivity contribution >= 4 is 5.69 Å². The summed E-state index contributed by atoms with van der Waals surface area (Å²) in [5, 5.41) is 0. The van der Waals surface area contributed by atoms with Gasteiger partial charge in [0.25, 0.3) is 0 Å². The van der Waals surface area contributed by atoms with Gasteiger partial charge in [0.2, 0.25) is 5.89 Å². The Morgan fingerprint density at radius 3 is 2.65 bits per heavy atom. The number of aryl methyl sites for hydroxylation is 2. The molecule has 0 aliphatic rings. The summed E-state index contributed by atoms with van der Waals surface area (Å²) >= 11 is 0. The Hall–Kier alpha value is -1.91. The molecule has 0 fully saturated rings. The van der Waals surface area contributed by atoms with E-state index in [-0.39, 0.29) is 17.1 Å². The molecule has 0 spiro atoms. The van der Waals surface area contributed by atoms with E-state index < -0.39 is 11.6 Å².